The maximum atomic E-state index is 14.3. The third-order valence-electron chi connectivity index (χ3n) is 9.04. The molecule has 234 valence electrons. The Kier molecular flexibility index (Phi) is 7.82. The van der Waals surface area contributed by atoms with Crippen LogP contribution in [0.5, 0.6) is 0 Å². The summed E-state index contributed by atoms with van der Waals surface area (Å²) in [4.78, 5) is 23.7. The van der Waals surface area contributed by atoms with E-state index in [0.717, 1.165) is 54.8 Å². The zero-order valence-electron chi connectivity index (χ0n) is 26.0. The fraction of sp³-hybridized carbons (Fsp3) is 0.371. The van der Waals surface area contributed by atoms with Gasteiger partial charge in [0, 0.05) is 55.6 Å². The molecule has 7 rings (SSSR count). The Morgan fingerprint density at radius 1 is 1.13 bits per heavy atom. The lowest BCUT2D eigenvalue weighted by Gasteiger charge is -2.23. The second kappa shape index (κ2) is 12.1. The molecule has 1 aromatic carbocycles. The van der Waals surface area contributed by atoms with Crippen LogP contribution in [0.3, 0.4) is 0 Å². The highest BCUT2D eigenvalue weighted by Gasteiger charge is 2.38. The maximum absolute atomic E-state index is 14.3. The number of nitrogens with one attached hydrogen (secondary N) is 1. The molecule has 4 aromatic heterocycles. The van der Waals surface area contributed by atoms with Gasteiger partial charge in [-0.1, -0.05) is 19.9 Å². The van der Waals surface area contributed by atoms with Crippen LogP contribution >= 0.6 is 0 Å². The lowest BCUT2D eigenvalue weighted by Crippen LogP contribution is -2.23. The minimum absolute atomic E-state index is 0.0110. The normalized spacial score (nSPS) is 16.6. The summed E-state index contributed by atoms with van der Waals surface area (Å²) >= 11 is 0. The van der Waals surface area contributed by atoms with Gasteiger partial charge in [-0.3, -0.25) is 9.78 Å². The summed E-state index contributed by atoms with van der Waals surface area (Å²) in [6.45, 7) is 7.81. The van der Waals surface area contributed by atoms with E-state index in [-0.39, 0.29) is 23.4 Å². The molecule has 46 heavy (non-hydrogen) atoms. The molecule has 0 spiro atoms. The van der Waals surface area contributed by atoms with Gasteiger partial charge in [-0.05, 0) is 67.3 Å². The van der Waals surface area contributed by atoms with Gasteiger partial charge in [0.2, 0.25) is 11.8 Å². The minimum atomic E-state index is -0.548. The number of aromatic nitrogens is 5. The van der Waals surface area contributed by atoms with E-state index in [1.165, 1.54) is 12.1 Å². The average Bonchev–Trinajstić information content (AvgIpc) is 3.76. The van der Waals surface area contributed by atoms with Crippen LogP contribution in [0, 0.1) is 35.9 Å². The maximum Gasteiger partial charge on any atom is 0.254 e. The van der Waals surface area contributed by atoms with Gasteiger partial charge in [-0.2, -0.15) is 5.26 Å². The molecule has 6 heterocycles. The second-order valence-electron chi connectivity index (χ2n) is 12.5. The van der Waals surface area contributed by atoms with Crippen LogP contribution in [0.4, 0.5) is 4.39 Å². The van der Waals surface area contributed by atoms with Crippen LogP contribution in [0.25, 0.3) is 33.6 Å². The molecule has 1 amide bonds. The molecule has 1 unspecified atom stereocenters. The highest BCUT2D eigenvalue weighted by molar-refractivity contribution is 6.08. The first-order chi connectivity index (χ1) is 22.3. The molecule has 1 saturated heterocycles. The lowest BCUT2D eigenvalue weighted by molar-refractivity contribution is 0.0639. The first-order valence-electron chi connectivity index (χ1n) is 15.7. The summed E-state index contributed by atoms with van der Waals surface area (Å²) in [5.41, 5.74) is 5.59. The molecule has 2 aliphatic rings. The van der Waals surface area contributed by atoms with E-state index in [9.17, 15) is 9.18 Å². The summed E-state index contributed by atoms with van der Waals surface area (Å²) in [5.74, 6) is 0.662. The fourth-order valence-electron chi connectivity index (χ4n) is 6.63. The minimum Gasteiger partial charge on any atom is -0.421 e. The number of nitrogens with zero attached hydrogens (tertiary/aromatic N) is 6. The summed E-state index contributed by atoms with van der Waals surface area (Å²) < 4.78 is 27.9. The van der Waals surface area contributed by atoms with Crippen molar-refractivity contribution in [1.29, 1.82) is 5.26 Å². The fourth-order valence-corrected chi connectivity index (χ4v) is 6.63. The number of hydrogen-bond acceptors (Lipinski definition) is 8. The van der Waals surface area contributed by atoms with Crippen LogP contribution in [-0.4, -0.2) is 43.9 Å². The van der Waals surface area contributed by atoms with Crippen molar-refractivity contribution in [3.05, 3.63) is 82.5 Å². The molecule has 11 heteroatoms. The SMILES string of the molecule is Cc1nnc(-c2c(CCC3CCOCC3)nc3c(c2-c2cnc4c(ccn4Cc4ccc(C#N)c(F)c4)c2)C(=O)NC3C(C)C)o1. The quantitative estimate of drug-likeness (QED) is 0.214. The molecule has 2 aliphatic heterocycles. The number of hydrogen-bond donors (Lipinski definition) is 1. The molecule has 10 nitrogen and oxygen atoms in total. The van der Waals surface area contributed by atoms with Gasteiger partial charge in [0.1, 0.15) is 17.5 Å². The number of fused-ring (bicyclic) bond motifs is 2. The summed E-state index contributed by atoms with van der Waals surface area (Å²) in [6.07, 6.45) is 7.30. The number of nitriles is 1. The van der Waals surface area contributed by atoms with Crippen LogP contribution in [0.2, 0.25) is 0 Å². The van der Waals surface area contributed by atoms with E-state index in [1.807, 2.05) is 29.0 Å². The monoisotopic (exact) mass is 619 g/mol. The molecule has 0 saturated carbocycles. The van der Waals surface area contributed by atoms with Gasteiger partial charge >= 0.3 is 0 Å². The van der Waals surface area contributed by atoms with Crippen LogP contribution < -0.4 is 5.32 Å². The standard InChI is InChI=1S/C35H34FN7O3/c1-19(2)31-32-30(34(44)40-31)28(29(35-42-41-20(3)46-35)27(39-32)7-5-21-9-12-45-13-10-21)25-15-23-8-11-43(33(23)38-17-25)18-22-4-6-24(16-37)26(36)14-22/h4,6,8,11,14-15,17,19,21,31H,5,7,9-10,12-13,18H2,1-3H3,(H,40,44). The predicted octanol–water partition coefficient (Wildman–Crippen LogP) is 6.32. The number of amides is 1. The summed E-state index contributed by atoms with van der Waals surface area (Å²) in [6, 6.07) is 10.2. The predicted molar refractivity (Wildman–Crippen MR) is 168 cm³/mol. The Morgan fingerprint density at radius 2 is 1.96 bits per heavy atom. The summed E-state index contributed by atoms with van der Waals surface area (Å²) in [5, 5.41) is 21.7. The molecular weight excluding hydrogens is 585 g/mol. The first kappa shape index (κ1) is 29.7. The van der Waals surface area contributed by atoms with Gasteiger partial charge in [0.25, 0.3) is 5.91 Å². The van der Waals surface area contributed by atoms with E-state index in [2.05, 4.69) is 29.4 Å². The first-order valence-corrected chi connectivity index (χ1v) is 15.7. The Bertz CT molecular complexity index is 2000. The number of ether oxygens (including phenoxy) is 1. The van der Waals surface area contributed by atoms with Crippen molar-refractivity contribution in [1.82, 2.24) is 30.0 Å². The van der Waals surface area contributed by atoms with E-state index < -0.39 is 5.82 Å². The third-order valence-corrected chi connectivity index (χ3v) is 9.04. The number of rotatable bonds is 8. The van der Waals surface area contributed by atoms with Gasteiger partial charge in [-0.15, -0.1) is 10.2 Å². The highest BCUT2D eigenvalue weighted by Crippen LogP contribution is 2.44. The number of carbonyl (C=O) groups is 1. The smallest absolute Gasteiger partial charge is 0.254 e. The molecule has 0 radical (unpaired) electrons. The number of pyridine rings is 2. The van der Waals surface area contributed by atoms with E-state index in [4.69, 9.17) is 24.4 Å². The number of aryl methyl sites for hydroxylation is 2. The van der Waals surface area contributed by atoms with Crippen LogP contribution in [0.1, 0.15) is 77.9 Å². The van der Waals surface area contributed by atoms with Crippen LogP contribution in [-0.2, 0) is 17.7 Å². The number of carbonyl (C=O) groups excluding carboxylic acids is 1. The molecule has 1 atom stereocenters. The Balaban J connectivity index is 1.36. The van der Waals surface area contributed by atoms with Crippen molar-refractivity contribution >= 4 is 16.9 Å². The van der Waals surface area contributed by atoms with Gasteiger partial charge < -0.3 is 19.0 Å². The lowest BCUT2D eigenvalue weighted by atomic mass is 9.88. The van der Waals surface area contributed by atoms with E-state index in [1.54, 1.807) is 19.2 Å². The van der Waals surface area contributed by atoms with Gasteiger partial charge in [-0.25, -0.2) is 9.37 Å². The zero-order valence-corrected chi connectivity index (χ0v) is 26.0. The molecule has 1 fully saturated rings. The topological polar surface area (TPSA) is 132 Å². The molecule has 0 bridgehead atoms. The van der Waals surface area contributed by atoms with Gasteiger partial charge in [0.15, 0.2) is 0 Å². The van der Waals surface area contributed by atoms with Crippen LogP contribution in [0.15, 0.2) is 47.1 Å². The highest BCUT2D eigenvalue weighted by atomic mass is 19.1. The largest absolute Gasteiger partial charge is 0.421 e. The van der Waals surface area contributed by atoms with Crippen molar-refractivity contribution in [2.24, 2.45) is 11.8 Å². The van der Waals surface area contributed by atoms with Crippen molar-refractivity contribution in [2.45, 2.75) is 59.0 Å². The molecule has 5 aromatic rings. The second-order valence-corrected chi connectivity index (χ2v) is 12.5. The number of halogens is 1. The molecule has 1 N–H and O–H groups in total. The van der Waals surface area contributed by atoms with Gasteiger partial charge in [0.05, 0.1) is 34.1 Å². The Morgan fingerprint density at radius 3 is 2.67 bits per heavy atom. The Hall–Kier alpha value is -4.95. The molecule has 0 aliphatic carbocycles. The van der Waals surface area contributed by atoms with E-state index in [0.29, 0.717) is 58.6 Å². The third kappa shape index (κ3) is 5.43. The van der Waals surface area contributed by atoms with Crippen molar-refractivity contribution in [3.63, 3.8) is 0 Å². The number of benzene rings is 1. The van der Waals surface area contributed by atoms with E-state index >= 15 is 0 Å². The average molecular weight is 620 g/mol. The van der Waals surface area contributed by atoms with Crippen molar-refractivity contribution < 1.29 is 18.3 Å². The van der Waals surface area contributed by atoms with Crippen molar-refractivity contribution in [2.75, 3.05) is 13.2 Å². The molecular formula is C35H34FN7O3. The van der Waals surface area contributed by atoms with Crippen molar-refractivity contribution in [3.8, 4) is 28.7 Å². The Labute approximate surface area is 265 Å². The zero-order chi connectivity index (χ0) is 31.9. The summed E-state index contributed by atoms with van der Waals surface area (Å²) in [7, 11) is 0.